The minimum absolute atomic E-state index is 0.00642. The first kappa shape index (κ1) is 21.2. The summed E-state index contributed by atoms with van der Waals surface area (Å²) in [5.74, 6) is 1.20. The van der Waals surface area contributed by atoms with E-state index in [0.29, 0.717) is 17.4 Å². The number of carbonyl (C=O) groups is 1. The van der Waals surface area contributed by atoms with Crippen molar-refractivity contribution in [1.29, 1.82) is 0 Å². The van der Waals surface area contributed by atoms with Crippen molar-refractivity contribution >= 4 is 21.6 Å². The molecule has 0 aromatic heterocycles. The molecule has 0 aliphatic carbocycles. The minimum Gasteiger partial charge on any atom is -0.484 e. The van der Waals surface area contributed by atoms with Gasteiger partial charge in [0.05, 0.1) is 18.5 Å². The Balaban J connectivity index is 1.62. The average molecular weight is 417 g/mol. The lowest BCUT2D eigenvalue weighted by Gasteiger charge is -2.30. The van der Waals surface area contributed by atoms with E-state index < -0.39 is 10.0 Å². The molecule has 2 aromatic rings. The first-order chi connectivity index (χ1) is 13.8. The molecule has 0 atom stereocenters. The zero-order valence-electron chi connectivity index (χ0n) is 17.0. The number of sulfonamides is 1. The van der Waals surface area contributed by atoms with Crippen LogP contribution in [-0.2, 0) is 21.4 Å². The van der Waals surface area contributed by atoms with Crippen LogP contribution >= 0.6 is 0 Å². The van der Waals surface area contributed by atoms with Crippen molar-refractivity contribution in [2.75, 3.05) is 30.3 Å². The highest BCUT2D eigenvalue weighted by Crippen LogP contribution is 2.24. The third-order valence-corrected chi connectivity index (χ3v) is 6.33. The quantitative estimate of drug-likeness (QED) is 0.695. The maximum Gasteiger partial charge on any atom is 0.260 e. The summed E-state index contributed by atoms with van der Waals surface area (Å²) in [7, 11) is -3.44. The number of amides is 1. The van der Waals surface area contributed by atoms with Crippen LogP contribution in [0, 0.1) is 5.92 Å². The van der Waals surface area contributed by atoms with Gasteiger partial charge in [0.1, 0.15) is 5.75 Å². The van der Waals surface area contributed by atoms with Gasteiger partial charge in [-0.1, -0.05) is 37.3 Å². The number of nitrogens with zero attached hydrogens (tertiary/aromatic N) is 2. The highest BCUT2D eigenvalue weighted by atomic mass is 32.2. The third-order valence-electron chi connectivity index (χ3n) is 5.19. The number of hydrogen-bond acceptors (Lipinski definition) is 4. The smallest absolute Gasteiger partial charge is 0.260 e. The van der Waals surface area contributed by atoms with E-state index in [-0.39, 0.29) is 19.1 Å². The fourth-order valence-electron chi connectivity index (χ4n) is 3.35. The molecule has 7 heteroatoms. The normalized spacial score (nSPS) is 15.2. The summed E-state index contributed by atoms with van der Waals surface area (Å²) in [5, 5.41) is 0. The van der Waals surface area contributed by atoms with Gasteiger partial charge in [-0.3, -0.25) is 9.10 Å². The van der Waals surface area contributed by atoms with Crippen molar-refractivity contribution in [3.05, 3.63) is 60.2 Å². The topological polar surface area (TPSA) is 66.9 Å². The molecule has 1 saturated heterocycles. The van der Waals surface area contributed by atoms with Gasteiger partial charge >= 0.3 is 0 Å². The minimum atomic E-state index is -3.44. The maximum atomic E-state index is 12.3. The van der Waals surface area contributed by atoms with Gasteiger partial charge in [-0.05, 0) is 48.6 Å². The molecule has 3 rings (SSSR count). The van der Waals surface area contributed by atoms with E-state index in [1.165, 1.54) is 10.6 Å². The summed E-state index contributed by atoms with van der Waals surface area (Å²) in [5.41, 5.74) is 1.46. The molecule has 156 valence electrons. The Labute approximate surface area is 173 Å². The van der Waals surface area contributed by atoms with Gasteiger partial charge in [-0.15, -0.1) is 0 Å². The fourth-order valence-corrected chi connectivity index (χ4v) is 4.24. The summed E-state index contributed by atoms with van der Waals surface area (Å²) in [6.07, 6.45) is 3.25. The van der Waals surface area contributed by atoms with Crippen LogP contribution in [0.25, 0.3) is 0 Å². The zero-order chi connectivity index (χ0) is 20.9. The van der Waals surface area contributed by atoms with Gasteiger partial charge in [-0.2, -0.15) is 0 Å². The predicted molar refractivity (Wildman–Crippen MR) is 114 cm³/mol. The standard InChI is InChI=1S/C22H28N2O4S/c1-18-12-14-23(15-13-18)22(25)17-28-21-10-8-20(9-11-21)24(29(2,26)27)16-19-6-4-3-5-7-19/h3-11,18H,12-17H2,1-2H3. The lowest BCUT2D eigenvalue weighted by Crippen LogP contribution is -2.40. The first-order valence-electron chi connectivity index (χ1n) is 9.85. The number of rotatable bonds is 7. The maximum absolute atomic E-state index is 12.3. The molecule has 1 fully saturated rings. The van der Waals surface area contributed by atoms with Crippen molar-refractivity contribution in [2.24, 2.45) is 5.92 Å². The van der Waals surface area contributed by atoms with E-state index in [4.69, 9.17) is 4.74 Å². The molecular formula is C22H28N2O4S. The number of ether oxygens (including phenoxy) is 1. The van der Waals surface area contributed by atoms with Crippen LogP contribution in [0.3, 0.4) is 0 Å². The van der Waals surface area contributed by atoms with Crippen molar-refractivity contribution in [3.63, 3.8) is 0 Å². The Morgan fingerprint density at radius 3 is 2.28 bits per heavy atom. The van der Waals surface area contributed by atoms with E-state index >= 15 is 0 Å². The number of piperidine rings is 1. The number of hydrogen-bond donors (Lipinski definition) is 0. The number of carbonyl (C=O) groups excluding carboxylic acids is 1. The van der Waals surface area contributed by atoms with Gasteiger partial charge in [0.15, 0.2) is 6.61 Å². The molecule has 0 unspecified atom stereocenters. The second kappa shape index (κ2) is 9.31. The number of anilines is 1. The Kier molecular flexibility index (Phi) is 6.79. The molecule has 0 radical (unpaired) electrons. The molecule has 0 spiro atoms. The lowest BCUT2D eigenvalue weighted by atomic mass is 9.99. The second-order valence-corrected chi connectivity index (χ2v) is 9.51. The summed E-state index contributed by atoms with van der Waals surface area (Å²) >= 11 is 0. The second-order valence-electron chi connectivity index (χ2n) is 7.60. The van der Waals surface area contributed by atoms with E-state index in [2.05, 4.69) is 6.92 Å². The predicted octanol–water partition coefficient (Wildman–Crippen LogP) is 3.29. The molecule has 1 aliphatic heterocycles. The monoisotopic (exact) mass is 416 g/mol. The average Bonchev–Trinajstić information content (AvgIpc) is 2.71. The van der Waals surface area contributed by atoms with Crippen LogP contribution in [0.5, 0.6) is 5.75 Å². The highest BCUT2D eigenvalue weighted by Gasteiger charge is 2.21. The number of likely N-dealkylation sites (tertiary alicyclic amines) is 1. The third kappa shape index (κ3) is 5.97. The lowest BCUT2D eigenvalue weighted by molar-refractivity contribution is -0.134. The summed E-state index contributed by atoms with van der Waals surface area (Å²) < 4.78 is 31.5. The van der Waals surface area contributed by atoms with E-state index in [1.807, 2.05) is 35.2 Å². The molecule has 0 bridgehead atoms. The summed E-state index contributed by atoms with van der Waals surface area (Å²) in [6, 6.07) is 16.2. The van der Waals surface area contributed by atoms with Gasteiger partial charge in [0.25, 0.3) is 5.91 Å². The fraction of sp³-hybridized carbons (Fsp3) is 0.409. The van der Waals surface area contributed by atoms with Crippen LogP contribution in [0.2, 0.25) is 0 Å². The SMILES string of the molecule is CC1CCN(C(=O)COc2ccc(N(Cc3ccccc3)S(C)(=O)=O)cc2)CC1. The molecule has 2 aromatic carbocycles. The molecule has 1 aliphatic rings. The first-order valence-corrected chi connectivity index (χ1v) is 11.7. The Bertz CT molecular complexity index is 906. The van der Waals surface area contributed by atoms with Crippen molar-refractivity contribution < 1.29 is 17.9 Å². The number of benzene rings is 2. The Morgan fingerprint density at radius 2 is 1.69 bits per heavy atom. The molecule has 1 amide bonds. The van der Waals surface area contributed by atoms with Crippen molar-refractivity contribution in [3.8, 4) is 5.75 Å². The molecule has 0 saturated carbocycles. The van der Waals surface area contributed by atoms with Gasteiger partial charge in [-0.25, -0.2) is 8.42 Å². The van der Waals surface area contributed by atoms with Crippen LogP contribution in [0.4, 0.5) is 5.69 Å². The zero-order valence-corrected chi connectivity index (χ0v) is 17.8. The largest absolute Gasteiger partial charge is 0.484 e. The van der Waals surface area contributed by atoms with Gasteiger partial charge in [0.2, 0.25) is 10.0 Å². The highest BCUT2D eigenvalue weighted by molar-refractivity contribution is 7.92. The van der Waals surface area contributed by atoms with Crippen LogP contribution in [0.1, 0.15) is 25.3 Å². The van der Waals surface area contributed by atoms with Crippen LogP contribution < -0.4 is 9.04 Å². The van der Waals surface area contributed by atoms with E-state index in [9.17, 15) is 13.2 Å². The van der Waals surface area contributed by atoms with E-state index in [0.717, 1.165) is 31.5 Å². The van der Waals surface area contributed by atoms with Crippen molar-refractivity contribution in [2.45, 2.75) is 26.3 Å². The van der Waals surface area contributed by atoms with Gasteiger partial charge in [0, 0.05) is 13.1 Å². The summed E-state index contributed by atoms with van der Waals surface area (Å²) in [4.78, 5) is 14.1. The van der Waals surface area contributed by atoms with Crippen LogP contribution in [-0.4, -0.2) is 45.2 Å². The molecule has 1 heterocycles. The van der Waals surface area contributed by atoms with Crippen LogP contribution in [0.15, 0.2) is 54.6 Å². The molecule has 29 heavy (non-hydrogen) atoms. The summed E-state index contributed by atoms with van der Waals surface area (Å²) in [6.45, 7) is 4.02. The van der Waals surface area contributed by atoms with Gasteiger partial charge < -0.3 is 9.64 Å². The van der Waals surface area contributed by atoms with Crippen molar-refractivity contribution in [1.82, 2.24) is 4.90 Å². The molecule has 6 nitrogen and oxygen atoms in total. The Hall–Kier alpha value is -2.54. The Morgan fingerprint density at radius 1 is 1.07 bits per heavy atom. The molecular weight excluding hydrogens is 388 g/mol. The van der Waals surface area contributed by atoms with E-state index in [1.54, 1.807) is 24.3 Å². The molecule has 0 N–H and O–H groups in total.